The molecule has 2 aromatic rings. The first-order chi connectivity index (χ1) is 13.2. The maximum absolute atomic E-state index is 12.9. The number of hydrogen-bond acceptors (Lipinski definition) is 4. The zero-order valence-electron chi connectivity index (χ0n) is 16.4. The molecule has 1 atom stereocenters. The summed E-state index contributed by atoms with van der Waals surface area (Å²) in [5.74, 6) is -0.826. The second-order valence-corrected chi connectivity index (χ2v) is 8.39. The number of anilines is 1. The number of hydrogen-bond donors (Lipinski definition) is 2. The van der Waals surface area contributed by atoms with Crippen molar-refractivity contribution in [1.82, 2.24) is 10.6 Å². The van der Waals surface area contributed by atoms with Crippen LogP contribution in [0.15, 0.2) is 53.4 Å². The Labute approximate surface area is 165 Å². The third-order valence-corrected chi connectivity index (χ3v) is 6.03. The van der Waals surface area contributed by atoms with Crippen LogP contribution in [-0.2, 0) is 14.8 Å². The second kappa shape index (κ2) is 8.88. The molecular weight excluding hydrogens is 378 g/mol. The Bertz CT molecular complexity index is 956. The first-order valence-corrected chi connectivity index (χ1v) is 10.3. The highest BCUT2D eigenvalue weighted by molar-refractivity contribution is 7.92. The van der Waals surface area contributed by atoms with Crippen molar-refractivity contribution in [1.29, 1.82) is 0 Å². The van der Waals surface area contributed by atoms with Gasteiger partial charge < -0.3 is 10.6 Å². The van der Waals surface area contributed by atoms with Gasteiger partial charge >= 0.3 is 0 Å². The van der Waals surface area contributed by atoms with Gasteiger partial charge in [0, 0.05) is 19.2 Å². The van der Waals surface area contributed by atoms with Gasteiger partial charge in [-0.1, -0.05) is 23.8 Å². The largest absolute Gasteiger partial charge is 0.355 e. The normalized spacial score (nSPS) is 12.1. The van der Waals surface area contributed by atoms with Gasteiger partial charge in [0.15, 0.2) is 0 Å². The van der Waals surface area contributed by atoms with Crippen LogP contribution in [0.5, 0.6) is 0 Å². The molecule has 0 saturated carbocycles. The van der Waals surface area contributed by atoms with Crippen LogP contribution in [0.25, 0.3) is 0 Å². The molecule has 0 unspecified atom stereocenters. The summed E-state index contributed by atoms with van der Waals surface area (Å²) in [6, 6.07) is 12.1. The van der Waals surface area contributed by atoms with E-state index in [0.29, 0.717) is 12.2 Å². The highest BCUT2D eigenvalue weighted by atomic mass is 32.2. The van der Waals surface area contributed by atoms with Gasteiger partial charge in [-0.2, -0.15) is 0 Å². The molecule has 8 heteroatoms. The highest BCUT2D eigenvalue weighted by Gasteiger charge is 2.23. The average Bonchev–Trinajstić information content (AvgIpc) is 2.68. The van der Waals surface area contributed by atoms with E-state index in [1.54, 1.807) is 26.0 Å². The molecule has 0 aliphatic carbocycles. The van der Waals surface area contributed by atoms with Crippen LogP contribution < -0.4 is 14.9 Å². The van der Waals surface area contributed by atoms with E-state index in [2.05, 4.69) is 10.6 Å². The minimum atomic E-state index is -3.84. The standard InChI is InChI=1S/C20H25N3O4S/c1-5-21-19(24)15(3)22-20(25)16-7-6-8-18(13-16)28(26,27)23(4)17-11-9-14(2)10-12-17/h6-13,15H,5H2,1-4H3,(H,21,24)(H,22,25)/t15-/m1/s1. The summed E-state index contributed by atoms with van der Waals surface area (Å²) in [5.41, 5.74) is 1.70. The molecule has 2 rings (SSSR count). The molecule has 2 aromatic carbocycles. The summed E-state index contributed by atoms with van der Waals surface area (Å²) < 4.78 is 27.0. The minimum absolute atomic E-state index is 0.00566. The Morgan fingerprint density at radius 3 is 2.36 bits per heavy atom. The van der Waals surface area contributed by atoms with E-state index in [1.807, 2.05) is 19.1 Å². The van der Waals surface area contributed by atoms with Gasteiger partial charge in [0.2, 0.25) is 5.91 Å². The maximum atomic E-state index is 12.9. The van der Waals surface area contributed by atoms with Gasteiger partial charge in [-0.05, 0) is 51.1 Å². The zero-order valence-corrected chi connectivity index (χ0v) is 17.2. The summed E-state index contributed by atoms with van der Waals surface area (Å²) in [6.45, 7) is 5.72. The average molecular weight is 404 g/mol. The van der Waals surface area contributed by atoms with E-state index in [-0.39, 0.29) is 16.4 Å². The quantitative estimate of drug-likeness (QED) is 0.740. The summed E-state index contributed by atoms with van der Waals surface area (Å²) in [6.07, 6.45) is 0. The van der Waals surface area contributed by atoms with Crippen molar-refractivity contribution in [2.75, 3.05) is 17.9 Å². The number of nitrogens with zero attached hydrogens (tertiary/aromatic N) is 1. The molecule has 0 spiro atoms. The molecule has 0 aliphatic heterocycles. The fourth-order valence-electron chi connectivity index (χ4n) is 2.52. The number of carbonyl (C=O) groups excluding carboxylic acids is 2. The lowest BCUT2D eigenvalue weighted by Gasteiger charge is -2.20. The van der Waals surface area contributed by atoms with Crippen LogP contribution in [0.4, 0.5) is 5.69 Å². The zero-order chi connectivity index (χ0) is 20.9. The van der Waals surface area contributed by atoms with Crippen molar-refractivity contribution in [2.24, 2.45) is 0 Å². The van der Waals surface area contributed by atoms with Gasteiger partial charge in [-0.3, -0.25) is 13.9 Å². The van der Waals surface area contributed by atoms with E-state index >= 15 is 0 Å². The lowest BCUT2D eigenvalue weighted by Crippen LogP contribution is -2.44. The second-order valence-electron chi connectivity index (χ2n) is 6.43. The van der Waals surface area contributed by atoms with Gasteiger partial charge in [0.1, 0.15) is 6.04 Å². The summed E-state index contributed by atoms with van der Waals surface area (Å²) in [5, 5.41) is 5.19. The molecular formula is C20H25N3O4S. The molecule has 0 fully saturated rings. The molecule has 2 N–H and O–H groups in total. The van der Waals surface area contributed by atoms with Gasteiger partial charge in [-0.15, -0.1) is 0 Å². The third-order valence-electron chi connectivity index (χ3n) is 4.24. The van der Waals surface area contributed by atoms with Crippen molar-refractivity contribution in [3.63, 3.8) is 0 Å². The smallest absolute Gasteiger partial charge is 0.264 e. The predicted molar refractivity (Wildman–Crippen MR) is 109 cm³/mol. The lowest BCUT2D eigenvalue weighted by atomic mass is 10.2. The number of benzene rings is 2. The van der Waals surface area contributed by atoms with Crippen LogP contribution >= 0.6 is 0 Å². The molecule has 0 aliphatic rings. The van der Waals surface area contributed by atoms with Crippen molar-refractivity contribution in [2.45, 2.75) is 31.7 Å². The third kappa shape index (κ3) is 4.89. The Kier molecular flexibility index (Phi) is 6.80. The van der Waals surface area contributed by atoms with Crippen LogP contribution in [0.1, 0.15) is 29.8 Å². The Balaban J connectivity index is 2.24. The fraction of sp³-hybridized carbons (Fsp3) is 0.300. The number of carbonyl (C=O) groups is 2. The molecule has 0 radical (unpaired) electrons. The van der Waals surface area contributed by atoms with E-state index in [1.165, 1.54) is 35.6 Å². The monoisotopic (exact) mass is 403 g/mol. The van der Waals surface area contributed by atoms with Gasteiger partial charge in [0.05, 0.1) is 10.6 Å². The molecule has 0 aromatic heterocycles. The molecule has 7 nitrogen and oxygen atoms in total. The first kappa shape index (κ1) is 21.4. The lowest BCUT2D eigenvalue weighted by molar-refractivity contribution is -0.122. The summed E-state index contributed by atoms with van der Waals surface area (Å²) >= 11 is 0. The van der Waals surface area contributed by atoms with E-state index in [0.717, 1.165) is 5.56 Å². The molecule has 0 heterocycles. The molecule has 0 saturated heterocycles. The van der Waals surface area contributed by atoms with Crippen LogP contribution in [0, 0.1) is 6.92 Å². The van der Waals surface area contributed by atoms with E-state index in [9.17, 15) is 18.0 Å². The number of aryl methyl sites for hydroxylation is 1. The van der Waals surface area contributed by atoms with Crippen molar-refractivity contribution in [3.05, 3.63) is 59.7 Å². The van der Waals surface area contributed by atoms with E-state index in [4.69, 9.17) is 0 Å². The van der Waals surface area contributed by atoms with Crippen molar-refractivity contribution < 1.29 is 18.0 Å². The topological polar surface area (TPSA) is 95.6 Å². The number of sulfonamides is 1. The predicted octanol–water partition coefficient (Wildman–Crippen LogP) is 2.07. The Hall–Kier alpha value is -2.87. The number of amides is 2. The van der Waals surface area contributed by atoms with E-state index < -0.39 is 22.0 Å². The van der Waals surface area contributed by atoms with Crippen LogP contribution in [-0.4, -0.2) is 39.9 Å². The molecule has 150 valence electrons. The number of nitrogens with one attached hydrogen (secondary N) is 2. The fourth-order valence-corrected chi connectivity index (χ4v) is 3.76. The highest BCUT2D eigenvalue weighted by Crippen LogP contribution is 2.23. The maximum Gasteiger partial charge on any atom is 0.264 e. The van der Waals surface area contributed by atoms with Crippen LogP contribution in [0.2, 0.25) is 0 Å². The van der Waals surface area contributed by atoms with Crippen LogP contribution in [0.3, 0.4) is 0 Å². The molecule has 0 bridgehead atoms. The van der Waals surface area contributed by atoms with Crippen molar-refractivity contribution >= 4 is 27.5 Å². The molecule has 2 amide bonds. The Morgan fingerprint density at radius 2 is 1.75 bits per heavy atom. The van der Waals surface area contributed by atoms with Crippen molar-refractivity contribution in [3.8, 4) is 0 Å². The SMILES string of the molecule is CCNC(=O)[C@@H](C)NC(=O)c1cccc(S(=O)(=O)N(C)c2ccc(C)cc2)c1. The minimum Gasteiger partial charge on any atom is -0.355 e. The summed E-state index contributed by atoms with van der Waals surface area (Å²) in [7, 11) is -2.38. The number of rotatable bonds is 7. The first-order valence-electron chi connectivity index (χ1n) is 8.91. The van der Waals surface area contributed by atoms with Gasteiger partial charge in [-0.25, -0.2) is 8.42 Å². The van der Waals surface area contributed by atoms with Gasteiger partial charge in [0.25, 0.3) is 15.9 Å². The summed E-state index contributed by atoms with van der Waals surface area (Å²) in [4.78, 5) is 24.2. The molecule has 28 heavy (non-hydrogen) atoms. The Morgan fingerprint density at radius 1 is 1.11 bits per heavy atom. The number of likely N-dealkylation sites (N-methyl/N-ethyl adjacent to an activating group) is 1.